The summed E-state index contributed by atoms with van der Waals surface area (Å²) in [7, 11) is 0. The average molecular weight is 150 g/mol. The quantitative estimate of drug-likeness (QED) is 0.619. The molecule has 0 bridgehead atoms. The minimum absolute atomic E-state index is 0. The third-order valence-corrected chi connectivity index (χ3v) is 0.872. The topological polar surface area (TPSA) is 57.5 Å². The third-order valence-electron chi connectivity index (χ3n) is 0.872. The zero-order valence-corrected chi connectivity index (χ0v) is 4.79. The van der Waals surface area contributed by atoms with Gasteiger partial charge in [0.05, 0.1) is 0 Å². The van der Waals surface area contributed by atoms with E-state index in [2.05, 4.69) is 0 Å². The molecule has 0 saturated carbocycles. The molecular formula is C7H18O3. The summed E-state index contributed by atoms with van der Waals surface area (Å²) in [6, 6.07) is 0. The summed E-state index contributed by atoms with van der Waals surface area (Å²) in [5, 5.41) is 16.8. The summed E-state index contributed by atoms with van der Waals surface area (Å²) < 4.78 is 0. The van der Waals surface area contributed by atoms with Gasteiger partial charge in [0.2, 0.25) is 0 Å². The van der Waals surface area contributed by atoms with Gasteiger partial charge in [-0.2, -0.15) is 0 Å². The van der Waals surface area contributed by atoms with Crippen molar-refractivity contribution in [1.82, 2.24) is 0 Å². The van der Waals surface area contributed by atoms with E-state index in [4.69, 9.17) is 10.2 Å². The number of aliphatic hydroxyl groups excluding tert-OH is 2. The largest absolute Gasteiger partial charge is 0.396 e. The molecule has 3 nitrogen and oxygen atoms in total. The molecule has 0 amide bonds. The first-order chi connectivity index (χ1) is 3.68. The molecule has 10 heavy (non-hydrogen) atoms. The van der Waals surface area contributed by atoms with Crippen LogP contribution in [0.2, 0.25) is 0 Å². The van der Waals surface area contributed by atoms with E-state index in [1.807, 2.05) is 0 Å². The van der Waals surface area contributed by atoms with E-state index >= 15 is 0 Å². The number of Topliss-reactive ketones (excluding diaryl/α,β-unsaturated/α-hetero) is 1. The van der Waals surface area contributed by atoms with Gasteiger partial charge >= 0.3 is 0 Å². The van der Waals surface area contributed by atoms with E-state index < -0.39 is 6.10 Å². The van der Waals surface area contributed by atoms with Crippen LogP contribution in [0.25, 0.3) is 0 Å². The van der Waals surface area contributed by atoms with Crippen LogP contribution in [0.1, 0.15) is 28.2 Å². The van der Waals surface area contributed by atoms with Crippen molar-refractivity contribution in [2.75, 3.05) is 6.61 Å². The number of aliphatic hydroxyl groups is 2. The Morgan fingerprint density at radius 1 is 1.50 bits per heavy atom. The maximum absolute atomic E-state index is 10.2. The van der Waals surface area contributed by atoms with Crippen molar-refractivity contribution >= 4 is 5.78 Å². The van der Waals surface area contributed by atoms with Crippen LogP contribution in [0.5, 0.6) is 0 Å². The van der Waals surface area contributed by atoms with Gasteiger partial charge in [-0.3, -0.25) is 4.79 Å². The normalized spacial score (nSPS) is 10.7. The van der Waals surface area contributed by atoms with Gasteiger partial charge in [-0.1, -0.05) is 14.9 Å². The number of rotatable bonds is 3. The molecule has 0 aromatic heterocycles. The van der Waals surface area contributed by atoms with Crippen molar-refractivity contribution in [2.24, 2.45) is 0 Å². The standard InChI is InChI=1S/C5H10O3.2CH4/c1-4(7)5(8)2-3-6;;/h5-6,8H,2-3H2,1H3;2*1H4. The summed E-state index contributed by atoms with van der Waals surface area (Å²) >= 11 is 0. The maximum atomic E-state index is 10.2. The molecule has 0 spiro atoms. The second-order valence-corrected chi connectivity index (χ2v) is 1.64. The lowest BCUT2D eigenvalue weighted by atomic mass is 10.2. The summed E-state index contributed by atoms with van der Waals surface area (Å²) in [6.45, 7) is 1.15. The van der Waals surface area contributed by atoms with Gasteiger partial charge in [0.1, 0.15) is 6.10 Å². The number of carbonyl (C=O) groups excluding carboxylic acids is 1. The predicted molar refractivity (Wildman–Crippen MR) is 41.9 cm³/mol. The summed E-state index contributed by atoms with van der Waals surface area (Å²) in [5.41, 5.74) is 0. The fourth-order valence-corrected chi connectivity index (χ4v) is 0.326. The van der Waals surface area contributed by atoms with Gasteiger partial charge in [-0.15, -0.1) is 0 Å². The van der Waals surface area contributed by atoms with Crippen LogP contribution in [0.3, 0.4) is 0 Å². The Labute approximate surface area is 62.7 Å². The van der Waals surface area contributed by atoms with Crippen LogP contribution in [0, 0.1) is 0 Å². The minimum Gasteiger partial charge on any atom is -0.396 e. The minimum atomic E-state index is -0.972. The monoisotopic (exact) mass is 150 g/mol. The number of hydrogen-bond acceptors (Lipinski definition) is 3. The molecule has 0 saturated heterocycles. The van der Waals surface area contributed by atoms with E-state index in [0.717, 1.165) is 0 Å². The van der Waals surface area contributed by atoms with E-state index in [1.165, 1.54) is 6.92 Å². The van der Waals surface area contributed by atoms with Gasteiger partial charge in [0.25, 0.3) is 0 Å². The molecule has 0 fully saturated rings. The molecule has 0 aliphatic heterocycles. The Morgan fingerprint density at radius 3 is 2.00 bits per heavy atom. The van der Waals surface area contributed by atoms with Crippen molar-refractivity contribution in [3.63, 3.8) is 0 Å². The highest BCUT2D eigenvalue weighted by atomic mass is 16.3. The lowest BCUT2D eigenvalue weighted by Gasteiger charge is -2.00. The van der Waals surface area contributed by atoms with Gasteiger partial charge in [0.15, 0.2) is 5.78 Å². The lowest BCUT2D eigenvalue weighted by Crippen LogP contribution is -2.17. The Balaban J connectivity index is -0.000000245. The first-order valence-corrected chi connectivity index (χ1v) is 2.48. The molecule has 3 heteroatoms. The molecule has 0 aromatic carbocycles. The highest BCUT2D eigenvalue weighted by molar-refractivity contribution is 5.79. The summed E-state index contributed by atoms with van der Waals surface area (Å²) in [5.74, 6) is -0.293. The lowest BCUT2D eigenvalue weighted by molar-refractivity contribution is -0.125. The van der Waals surface area contributed by atoms with E-state index in [1.54, 1.807) is 0 Å². The Morgan fingerprint density at radius 2 is 1.90 bits per heavy atom. The molecule has 1 atom stereocenters. The van der Waals surface area contributed by atoms with Crippen LogP contribution < -0.4 is 0 Å². The molecule has 0 aliphatic rings. The van der Waals surface area contributed by atoms with Crippen LogP contribution in [0.4, 0.5) is 0 Å². The summed E-state index contributed by atoms with van der Waals surface area (Å²) in [6.07, 6.45) is -0.824. The van der Waals surface area contributed by atoms with Crippen LogP contribution in [0.15, 0.2) is 0 Å². The van der Waals surface area contributed by atoms with Crippen molar-refractivity contribution in [3.8, 4) is 0 Å². The van der Waals surface area contributed by atoms with Crippen molar-refractivity contribution in [1.29, 1.82) is 0 Å². The van der Waals surface area contributed by atoms with Crippen molar-refractivity contribution in [2.45, 2.75) is 34.3 Å². The van der Waals surface area contributed by atoms with Crippen molar-refractivity contribution in [3.05, 3.63) is 0 Å². The van der Waals surface area contributed by atoms with Crippen LogP contribution >= 0.6 is 0 Å². The molecule has 1 unspecified atom stereocenters. The predicted octanol–water partition coefficient (Wildman–Crippen LogP) is 0.591. The van der Waals surface area contributed by atoms with Gasteiger partial charge in [-0.25, -0.2) is 0 Å². The molecule has 64 valence electrons. The second kappa shape index (κ2) is 8.59. The number of hydrogen-bond donors (Lipinski definition) is 2. The molecule has 0 heterocycles. The van der Waals surface area contributed by atoms with E-state index in [9.17, 15) is 4.79 Å². The first kappa shape index (κ1) is 16.3. The van der Waals surface area contributed by atoms with Gasteiger partial charge < -0.3 is 10.2 Å². The fourth-order valence-electron chi connectivity index (χ4n) is 0.326. The fraction of sp³-hybridized carbons (Fsp3) is 0.857. The van der Waals surface area contributed by atoms with Crippen LogP contribution in [-0.4, -0.2) is 28.7 Å². The maximum Gasteiger partial charge on any atom is 0.158 e. The van der Waals surface area contributed by atoms with Crippen molar-refractivity contribution < 1.29 is 15.0 Å². The summed E-state index contributed by atoms with van der Waals surface area (Å²) in [4.78, 5) is 10.2. The van der Waals surface area contributed by atoms with Gasteiger partial charge in [-0.05, 0) is 6.92 Å². The third kappa shape index (κ3) is 7.59. The van der Waals surface area contributed by atoms with E-state index in [-0.39, 0.29) is 33.7 Å². The molecule has 0 radical (unpaired) electrons. The number of carbonyl (C=O) groups is 1. The SMILES string of the molecule is C.C.CC(=O)C(O)CCO. The smallest absolute Gasteiger partial charge is 0.158 e. The molecule has 0 aromatic rings. The van der Waals surface area contributed by atoms with E-state index in [0.29, 0.717) is 0 Å². The van der Waals surface area contributed by atoms with Crippen LogP contribution in [-0.2, 0) is 4.79 Å². The highest BCUT2D eigenvalue weighted by Crippen LogP contribution is 1.89. The Hall–Kier alpha value is -0.410. The average Bonchev–Trinajstić information content (AvgIpc) is 1.67. The Kier molecular flexibility index (Phi) is 14.0. The second-order valence-electron chi connectivity index (χ2n) is 1.64. The molecular weight excluding hydrogens is 132 g/mol. The highest BCUT2D eigenvalue weighted by Gasteiger charge is 2.06. The zero-order chi connectivity index (χ0) is 6.57. The van der Waals surface area contributed by atoms with Gasteiger partial charge in [0, 0.05) is 13.0 Å². The zero-order valence-electron chi connectivity index (χ0n) is 4.79. The molecule has 0 rings (SSSR count). The molecule has 2 N–H and O–H groups in total. The number of ketones is 1. The Bertz CT molecular complexity index is 80.9. The molecule has 0 aliphatic carbocycles. The first-order valence-electron chi connectivity index (χ1n) is 2.48.